The molecule has 0 aromatic heterocycles. The molecule has 28 heavy (non-hydrogen) atoms. The van der Waals surface area contributed by atoms with Crippen LogP contribution in [-0.4, -0.2) is 13.1 Å². The number of esters is 1. The summed E-state index contributed by atoms with van der Waals surface area (Å²) in [7, 11) is 1.30. The van der Waals surface area contributed by atoms with E-state index in [-0.39, 0.29) is 17.4 Å². The minimum Gasteiger partial charge on any atom is -0.465 e. The van der Waals surface area contributed by atoms with Crippen molar-refractivity contribution in [3.63, 3.8) is 0 Å². The van der Waals surface area contributed by atoms with Crippen molar-refractivity contribution in [2.75, 3.05) is 12.4 Å². The molecule has 1 N–H and O–H groups in total. The Morgan fingerprint density at radius 3 is 2.68 bits per heavy atom. The average Bonchev–Trinajstić information content (AvgIpc) is 3.16. The van der Waals surface area contributed by atoms with E-state index in [9.17, 15) is 18.0 Å². The van der Waals surface area contributed by atoms with E-state index >= 15 is 0 Å². The molecular formula is C21H17ClF3NO2. The van der Waals surface area contributed by atoms with Gasteiger partial charge in [-0.3, -0.25) is 0 Å². The van der Waals surface area contributed by atoms with Crippen molar-refractivity contribution in [3.05, 3.63) is 75.8 Å². The number of carbonyl (C=O) groups excluding carboxylic acids is 1. The zero-order valence-corrected chi connectivity index (χ0v) is 15.6. The number of nitrogens with one attached hydrogen (secondary N) is 1. The fourth-order valence-corrected chi connectivity index (χ4v) is 4.52. The number of rotatable bonds is 2. The van der Waals surface area contributed by atoms with Crippen molar-refractivity contribution in [3.8, 4) is 0 Å². The molecule has 0 spiro atoms. The van der Waals surface area contributed by atoms with Gasteiger partial charge < -0.3 is 10.1 Å². The van der Waals surface area contributed by atoms with Crippen LogP contribution in [0.15, 0.2) is 48.6 Å². The third-order valence-electron chi connectivity index (χ3n) is 5.48. The highest BCUT2D eigenvalue weighted by atomic mass is 35.5. The molecule has 3 atom stereocenters. The highest BCUT2D eigenvalue weighted by Gasteiger charge is 2.44. The van der Waals surface area contributed by atoms with Crippen molar-refractivity contribution in [2.24, 2.45) is 5.92 Å². The molecule has 2 aromatic carbocycles. The zero-order chi connectivity index (χ0) is 20.1. The second kappa shape index (κ2) is 6.85. The fourth-order valence-electron chi connectivity index (χ4n) is 4.30. The van der Waals surface area contributed by atoms with Crippen LogP contribution in [0.4, 0.5) is 18.9 Å². The first-order valence-electron chi connectivity index (χ1n) is 8.83. The topological polar surface area (TPSA) is 38.3 Å². The number of hydrogen-bond acceptors (Lipinski definition) is 3. The monoisotopic (exact) mass is 407 g/mol. The average molecular weight is 408 g/mol. The Labute approximate surface area is 165 Å². The third kappa shape index (κ3) is 2.96. The normalized spacial score (nSPS) is 23.0. The maximum absolute atomic E-state index is 13.6. The van der Waals surface area contributed by atoms with E-state index in [0.29, 0.717) is 28.3 Å². The SMILES string of the molecule is COC(=O)c1ccc(Cl)c2c1C1C=CCC1[C@@H](c1ccccc1C(F)(F)F)N2. The Kier molecular flexibility index (Phi) is 4.62. The van der Waals surface area contributed by atoms with Gasteiger partial charge in [-0.2, -0.15) is 13.2 Å². The Balaban J connectivity index is 1.89. The quantitative estimate of drug-likeness (QED) is 0.492. The van der Waals surface area contributed by atoms with Gasteiger partial charge in [-0.1, -0.05) is 42.0 Å². The zero-order valence-electron chi connectivity index (χ0n) is 14.9. The molecule has 2 aromatic rings. The molecule has 1 aliphatic heterocycles. The molecule has 1 heterocycles. The second-order valence-electron chi connectivity index (χ2n) is 6.94. The molecule has 0 bridgehead atoms. The predicted molar refractivity (Wildman–Crippen MR) is 101 cm³/mol. The van der Waals surface area contributed by atoms with E-state index in [1.165, 1.54) is 19.2 Å². The lowest BCUT2D eigenvalue weighted by Gasteiger charge is -2.39. The van der Waals surface area contributed by atoms with Crippen LogP contribution in [0.5, 0.6) is 0 Å². The van der Waals surface area contributed by atoms with Crippen LogP contribution in [-0.2, 0) is 10.9 Å². The van der Waals surface area contributed by atoms with Crippen molar-refractivity contribution in [2.45, 2.75) is 24.6 Å². The number of allylic oxidation sites excluding steroid dienone is 2. The van der Waals surface area contributed by atoms with E-state index in [0.717, 1.165) is 6.07 Å². The van der Waals surface area contributed by atoms with Gasteiger partial charge in [0.05, 0.1) is 35.0 Å². The molecule has 0 saturated carbocycles. The fraction of sp³-hybridized carbons (Fsp3) is 0.286. The van der Waals surface area contributed by atoms with Crippen LogP contribution in [0.25, 0.3) is 0 Å². The number of halogens is 4. The lowest BCUT2D eigenvalue weighted by atomic mass is 9.74. The van der Waals surface area contributed by atoms with Crippen LogP contribution in [0.1, 0.15) is 45.4 Å². The number of ether oxygens (including phenoxy) is 1. The lowest BCUT2D eigenvalue weighted by Crippen LogP contribution is -2.32. The molecule has 7 heteroatoms. The number of methoxy groups -OCH3 is 1. The Bertz CT molecular complexity index is 971. The molecule has 1 aliphatic carbocycles. The van der Waals surface area contributed by atoms with Crippen molar-refractivity contribution in [1.82, 2.24) is 0 Å². The minimum atomic E-state index is -4.46. The lowest BCUT2D eigenvalue weighted by molar-refractivity contribution is -0.138. The molecule has 0 radical (unpaired) electrons. The first-order chi connectivity index (χ1) is 13.3. The summed E-state index contributed by atoms with van der Waals surface area (Å²) < 4.78 is 45.7. The second-order valence-corrected chi connectivity index (χ2v) is 7.34. The molecule has 4 rings (SSSR count). The van der Waals surface area contributed by atoms with Crippen LogP contribution in [0.3, 0.4) is 0 Å². The van der Waals surface area contributed by atoms with E-state index in [1.54, 1.807) is 18.2 Å². The van der Waals surface area contributed by atoms with Gasteiger partial charge >= 0.3 is 12.1 Å². The van der Waals surface area contributed by atoms with Gasteiger partial charge in [0.2, 0.25) is 0 Å². The maximum atomic E-state index is 13.6. The number of anilines is 1. The molecule has 0 fully saturated rings. The van der Waals surface area contributed by atoms with E-state index in [2.05, 4.69) is 5.32 Å². The smallest absolute Gasteiger partial charge is 0.416 e. The van der Waals surface area contributed by atoms with E-state index in [4.69, 9.17) is 16.3 Å². The summed E-state index contributed by atoms with van der Waals surface area (Å²) in [6.07, 6.45) is 0.0203. The number of fused-ring (bicyclic) bond motifs is 3. The van der Waals surface area contributed by atoms with Crippen LogP contribution in [0.2, 0.25) is 5.02 Å². The molecule has 0 amide bonds. The number of alkyl halides is 3. The maximum Gasteiger partial charge on any atom is 0.416 e. The Morgan fingerprint density at radius 1 is 1.21 bits per heavy atom. The molecule has 146 valence electrons. The van der Waals surface area contributed by atoms with Gasteiger partial charge in [0.15, 0.2) is 0 Å². The van der Waals surface area contributed by atoms with Gasteiger partial charge in [0.1, 0.15) is 0 Å². The molecule has 3 nitrogen and oxygen atoms in total. The molecule has 2 aliphatic rings. The van der Waals surface area contributed by atoms with E-state index < -0.39 is 23.8 Å². The highest BCUT2D eigenvalue weighted by molar-refractivity contribution is 6.33. The van der Waals surface area contributed by atoms with Gasteiger partial charge in [-0.05, 0) is 41.7 Å². The van der Waals surface area contributed by atoms with Crippen LogP contribution < -0.4 is 5.32 Å². The van der Waals surface area contributed by atoms with Gasteiger partial charge in [0, 0.05) is 5.92 Å². The summed E-state index contributed by atoms with van der Waals surface area (Å²) in [5.74, 6) is -0.892. The Morgan fingerprint density at radius 2 is 1.96 bits per heavy atom. The van der Waals surface area contributed by atoms with Crippen molar-refractivity contribution >= 4 is 23.3 Å². The summed E-state index contributed by atoms with van der Waals surface area (Å²) in [4.78, 5) is 12.3. The minimum absolute atomic E-state index is 0.169. The summed E-state index contributed by atoms with van der Waals surface area (Å²) in [5.41, 5.74) is 1.05. The van der Waals surface area contributed by atoms with Gasteiger partial charge in [0.25, 0.3) is 0 Å². The summed E-state index contributed by atoms with van der Waals surface area (Å²) in [6.45, 7) is 0. The van der Waals surface area contributed by atoms with Crippen LogP contribution >= 0.6 is 11.6 Å². The van der Waals surface area contributed by atoms with Gasteiger partial charge in [-0.25, -0.2) is 4.79 Å². The summed E-state index contributed by atoms with van der Waals surface area (Å²) in [6, 6.07) is 8.15. The van der Waals surface area contributed by atoms with Crippen LogP contribution in [0, 0.1) is 5.92 Å². The molecule has 0 saturated heterocycles. The summed E-state index contributed by atoms with van der Waals surface area (Å²) >= 11 is 6.37. The van der Waals surface area contributed by atoms with Crippen molar-refractivity contribution < 1.29 is 22.7 Å². The predicted octanol–water partition coefficient (Wildman–Crippen LogP) is 5.97. The summed E-state index contributed by atoms with van der Waals surface area (Å²) in [5, 5.41) is 3.56. The molecular weight excluding hydrogens is 391 g/mol. The highest BCUT2D eigenvalue weighted by Crippen LogP contribution is 2.54. The van der Waals surface area contributed by atoms with Crippen molar-refractivity contribution in [1.29, 1.82) is 0 Å². The largest absolute Gasteiger partial charge is 0.465 e. The molecule has 2 unspecified atom stereocenters. The first kappa shape index (κ1) is 18.9. The van der Waals surface area contributed by atoms with E-state index in [1.807, 2.05) is 12.2 Å². The van der Waals surface area contributed by atoms with Gasteiger partial charge in [-0.15, -0.1) is 0 Å². The third-order valence-corrected chi connectivity index (χ3v) is 5.79. The number of hydrogen-bond donors (Lipinski definition) is 1. The number of carbonyl (C=O) groups is 1. The first-order valence-corrected chi connectivity index (χ1v) is 9.20. The number of benzene rings is 2. The Hall–Kier alpha value is -2.47. The standard InChI is InChI=1S/C21H17ClF3NO2/c1-28-20(27)14-9-10-16(22)19-17(14)11-6-4-7-12(11)18(26-19)13-5-2-3-8-15(13)21(23,24)25/h2-6,8-12,18,26H,7H2,1H3/t11?,12?,18-/m0/s1.